The van der Waals surface area contributed by atoms with Crippen LogP contribution in [-0.2, 0) is 0 Å². The Labute approximate surface area is 107 Å². The Morgan fingerprint density at radius 3 is 2.78 bits per heavy atom. The lowest BCUT2D eigenvalue weighted by atomic mass is 10.1. The summed E-state index contributed by atoms with van der Waals surface area (Å²) in [7, 11) is 0. The van der Waals surface area contributed by atoms with Crippen LogP contribution in [0.5, 0.6) is 0 Å². The molecule has 1 aliphatic rings. The second kappa shape index (κ2) is 4.30. The summed E-state index contributed by atoms with van der Waals surface area (Å²) < 4.78 is 0. The van der Waals surface area contributed by atoms with E-state index in [0.717, 1.165) is 35.2 Å². The number of nitrogens with zero attached hydrogens (tertiary/aromatic N) is 3. The van der Waals surface area contributed by atoms with Gasteiger partial charge in [0.25, 0.3) is 0 Å². The molecule has 2 aromatic rings. The smallest absolute Gasteiger partial charge is 0.103 e. The highest BCUT2D eigenvalue weighted by atomic mass is 15.1. The molecule has 0 saturated carbocycles. The predicted octanol–water partition coefficient (Wildman–Crippen LogP) is 3.02. The van der Waals surface area contributed by atoms with E-state index >= 15 is 0 Å². The van der Waals surface area contributed by atoms with Gasteiger partial charge in [-0.15, -0.1) is 0 Å². The molecule has 0 unspecified atom stereocenters. The van der Waals surface area contributed by atoms with E-state index in [1.807, 2.05) is 6.07 Å². The zero-order chi connectivity index (χ0) is 12.5. The van der Waals surface area contributed by atoms with Crippen molar-refractivity contribution in [3.05, 3.63) is 35.5 Å². The van der Waals surface area contributed by atoms with Crippen LogP contribution in [0.4, 0.5) is 5.69 Å². The summed E-state index contributed by atoms with van der Waals surface area (Å²) in [5, 5.41) is 10.4. The monoisotopic (exact) mass is 237 g/mol. The zero-order valence-corrected chi connectivity index (χ0v) is 10.5. The normalized spacial score (nSPS) is 15.0. The molecule has 0 amide bonds. The molecule has 2 heterocycles. The lowest BCUT2D eigenvalue weighted by Gasteiger charge is -2.21. The molecule has 1 saturated heterocycles. The Morgan fingerprint density at radius 1 is 1.28 bits per heavy atom. The number of aromatic nitrogens is 1. The Morgan fingerprint density at radius 2 is 2.06 bits per heavy atom. The first-order valence-electron chi connectivity index (χ1n) is 6.34. The van der Waals surface area contributed by atoms with Crippen molar-refractivity contribution >= 4 is 16.6 Å². The molecule has 1 aliphatic heterocycles. The van der Waals surface area contributed by atoms with Crippen LogP contribution in [0.15, 0.2) is 24.4 Å². The van der Waals surface area contributed by atoms with Gasteiger partial charge in [-0.3, -0.25) is 4.98 Å². The van der Waals surface area contributed by atoms with E-state index in [9.17, 15) is 5.26 Å². The molecule has 3 heteroatoms. The van der Waals surface area contributed by atoms with Crippen molar-refractivity contribution in [3.8, 4) is 6.07 Å². The van der Waals surface area contributed by atoms with Crippen LogP contribution in [-0.4, -0.2) is 18.1 Å². The van der Waals surface area contributed by atoms with Crippen LogP contribution < -0.4 is 4.90 Å². The fourth-order valence-electron chi connectivity index (χ4n) is 2.72. The highest BCUT2D eigenvalue weighted by Crippen LogP contribution is 2.32. The molecule has 0 spiro atoms. The number of rotatable bonds is 1. The fourth-order valence-corrected chi connectivity index (χ4v) is 2.72. The summed E-state index contributed by atoms with van der Waals surface area (Å²) >= 11 is 0. The SMILES string of the molecule is Cc1cccc2c(N3CCCC3)c(C#N)cnc12. The first-order valence-corrected chi connectivity index (χ1v) is 6.34. The van der Waals surface area contributed by atoms with Crippen molar-refractivity contribution in [1.82, 2.24) is 4.98 Å². The number of nitriles is 1. The number of hydrogen-bond donors (Lipinski definition) is 0. The molecule has 18 heavy (non-hydrogen) atoms. The van der Waals surface area contributed by atoms with Gasteiger partial charge < -0.3 is 4.90 Å². The molecule has 1 aromatic heterocycles. The molecule has 1 aromatic carbocycles. The second-order valence-corrected chi connectivity index (χ2v) is 4.80. The molecule has 1 fully saturated rings. The van der Waals surface area contributed by atoms with Crippen molar-refractivity contribution in [3.63, 3.8) is 0 Å². The molecule has 90 valence electrons. The summed E-state index contributed by atoms with van der Waals surface area (Å²) in [5.41, 5.74) is 3.94. The molecule has 0 bridgehead atoms. The Hall–Kier alpha value is -2.08. The number of anilines is 1. The average Bonchev–Trinajstić information content (AvgIpc) is 2.91. The standard InChI is InChI=1S/C15H15N3/c1-11-5-4-6-13-14(11)17-10-12(9-16)15(13)18-7-2-3-8-18/h4-6,10H,2-3,7-8H2,1H3. The number of pyridine rings is 1. The first-order chi connectivity index (χ1) is 8.81. The summed E-state index contributed by atoms with van der Waals surface area (Å²) in [6, 6.07) is 8.46. The van der Waals surface area contributed by atoms with Crippen molar-refractivity contribution in [2.24, 2.45) is 0 Å². The van der Waals surface area contributed by atoms with Crippen LogP contribution in [0.1, 0.15) is 24.0 Å². The maximum atomic E-state index is 9.29. The van der Waals surface area contributed by atoms with Crippen molar-refractivity contribution in [2.45, 2.75) is 19.8 Å². The maximum absolute atomic E-state index is 9.29. The average molecular weight is 237 g/mol. The largest absolute Gasteiger partial charge is 0.370 e. The van der Waals surface area contributed by atoms with Crippen LogP contribution in [0.2, 0.25) is 0 Å². The van der Waals surface area contributed by atoms with Gasteiger partial charge in [-0.1, -0.05) is 18.2 Å². The van der Waals surface area contributed by atoms with Gasteiger partial charge >= 0.3 is 0 Å². The van der Waals surface area contributed by atoms with Gasteiger partial charge in [0.05, 0.1) is 16.8 Å². The molecular formula is C15H15N3. The summed E-state index contributed by atoms with van der Waals surface area (Å²) in [6.07, 6.45) is 4.13. The highest BCUT2D eigenvalue weighted by molar-refractivity contribution is 5.96. The van der Waals surface area contributed by atoms with Gasteiger partial charge in [-0.2, -0.15) is 5.26 Å². The minimum absolute atomic E-state index is 0.690. The van der Waals surface area contributed by atoms with E-state index in [2.05, 4.69) is 35.0 Å². The molecule has 3 rings (SSSR count). The minimum atomic E-state index is 0.690. The van der Waals surface area contributed by atoms with E-state index in [1.165, 1.54) is 12.8 Å². The quantitative estimate of drug-likeness (QED) is 0.765. The van der Waals surface area contributed by atoms with Gasteiger partial charge in [-0.25, -0.2) is 0 Å². The third kappa shape index (κ3) is 1.62. The molecular weight excluding hydrogens is 222 g/mol. The van der Waals surface area contributed by atoms with Crippen LogP contribution in [0.3, 0.4) is 0 Å². The number of aryl methyl sites for hydroxylation is 1. The summed E-state index contributed by atoms with van der Waals surface area (Å²) in [6.45, 7) is 4.15. The Balaban J connectivity index is 2.31. The molecule has 0 aliphatic carbocycles. The van der Waals surface area contributed by atoms with Crippen LogP contribution in [0.25, 0.3) is 10.9 Å². The maximum Gasteiger partial charge on any atom is 0.103 e. The van der Waals surface area contributed by atoms with E-state index in [4.69, 9.17) is 0 Å². The molecule has 0 atom stereocenters. The molecule has 0 radical (unpaired) electrons. The Bertz CT molecular complexity index is 634. The van der Waals surface area contributed by atoms with E-state index in [0.29, 0.717) is 5.56 Å². The van der Waals surface area contributed by atoms with Crippen LogP contribution in [0, 0.1) is 18.3 Å². The van der Waals surface area contributed by atoms with Crippen molar-refractivity contribution in [1.29, 1.82) is 5.26 Å². The van der Waals surface area contributed by atoms with Gasteiger partial charge in [0.1, 0.15) is 6.07 Å². The summed E-state index contributed by atoms with van der Waals surface area (Å²) in [5.74, 6) is 0. The number of fused-ring (bicyclic) bond motifs is 1. The minimum Gasteiger partial charge on any atom is -0.370 e. The number of hydrogen-bond acceptors (Lipinski definition) is 3. The van der Waals surface area contributed by atoms with E-state index < -0.39 is 0 Å². The molecule has 0 N–H and O–H groups in total. The fraction of sp³-hybridized carbons (Fsp3) is 0.333. The lowest BCUT2D eigenvalue weighted by Crippen LogP contribution is -2.19. The number of para-hydroxylation sites is 1. The van der Waals surface area contributed by atoms with Gasteiger partial charge in [0.15, 0.2) is 0 Å². The van der Waals surface area contributed by atoms with Gasteiger partial charge in [0.2, 0.25) is 0 Å². The zero-order valence-electron chi connectivity index (χ0n) is 10.5. The van der Waals surface area contributed by atoms with Crippen molar-refractivity contribution < 1.29 is 0 Å². The van der Waals surface area contributed by atoms with Gasteiger partial charge in [0, 0.05) is 24.7 Å². The summed E-state index contributed by atoms with van der Waals surface area (Å²) in [4.78, 5) is 6.76. The highest BCUT2D eigenvalue weighted by Gasteiger charge is 2.19. The predicted molar refractivity (Wildman–Crippen MR) is 72.6 cm³/mol. The third-order valence-corrected chi connectivity index (χ3v) is 3.61. The number of benzene rings is 1. The van der Waals surface area contributed by atoms with Crippen LogP contribution >= 0.6 is 0 Å². The first kappa shape index (κ1) is 11.0. The Kier molecular flexibility index (Phi) is 2.64. The molecule has 3 nitrogen and oxygen atoms in total. The lowest BCUT2D eigenvalue weighted by molar-refractivity contribution is 0.949. The van der Waals surface area contributed by atoms with Gasteiger partial charge in [-0.05, 0) is 25.3 Å². The second-order valence-electron chi connectivity index (χ2n) is 4.80. The third-order valence-electron chi connectivity index (χ3n) is 3.61. The van der Waals surface area contributed by atoms with Crippen molar-refractivity contribution in [2.75, 3.05) is 18.0 Å². The topological polar surface area (TPSA) is 39.9 Å². The van der Waals surface area contributed by atoms with E-state index in [-0.39, 0.29) is 0 Å². The van der Waals surface area contributed by atoms with E-state index in [1.54, 1.807) is 6.20 Å².